The number of rotatable bonds is 6. The summed E-state index contributed by atoms with van der Waals surface area (Å²) in [5.74, 6) is 0.754. The van der Waals surface area contributed by atoms with Crippen molar-refractivity contribution in [2.75, 3.05) is 27.7 Å². The predicted octanol–water partition coefficient (Wildman–Crippen LogP) is 1.69. The Morgan fingerprint density at radius 1 is 1.12 bits per heavy atom. The molecule has 0 unspecified atom stereocenters. The number of guanidine groups is 1. The van der Waals surface area contributed by atoms with Gasteiger partial charge in [0.05, 0.1) is 0 Å². The Kier molecular flexibility index (Phi) is 6.95. The fraction of sp³-hybridized carbons (Fsp3) is 0.316. The number of aliphatic imine (C=N–C) groups is 1. The molecule has 0 aliphatic heterocycles. The van der Waals surface area contributed by atoms with Crippen LogP contribution in [0.3, 0.4) is 0 Å². The third-order valence-electron chi connectivity index (χ3n) is 3.72. The molecule has 1 aromatic heterocycles. The topological polar surface area (TPSA) is 69.6 Å². The van der Waals surface area contributed by atoms with Gasteiger partial charge in [0.15, 0.2) is 5.96 Å². The van der Waals surface area contributed by atoms with Crippen molar-refractivity contribution in [3.63, 3.8) is 0 Å². The fourth-order valence-electron chi connectivity index (χ4n) is 2.30. The van der Waals surface area contributed by atoms with E-state index in [1.54, 1.807) is 32.2 Å². The van der Waals surface area contributed by atoms with Gasteiger partial charge in [-0.2, -0.15) is 0 Å². The van der Waals surface area contributed by atoms with Gasteiger partial charge in [0, 0.05) is 52.2 Å². The maximum Gasteiger partial charge on any atom is 0.253 e. The minimum Gasteiger partial charge on any atom is -0.356 e. The molecule has 1 amide bonds. The van der Waals surface area contributed by atoms with Crippen molar-refractivity contribution in [3.8, 4) is 0 Å². The van der Waals surface area contributed by atoms with Gasteiger partial charge in [0.25, 0.3) is 5.91 Å². The van der Waals surface area contributed by atoms with E-state index in [0.29, 0.717) is 12.1 Å². The van der Waals surface area contributed by atoms with Crippen LogP contribution in [0.15, 0.2) is 53.8 Å². The third-order valence-corrected chi connectivity index (χ3v) is 3.72. The molecule has 0 atom stereocenters. The molecule has 25 heavy (non-hydrogen) atoms. The monoisotopic (exact) mass is 339 g/mol. The molecule has 2 aromatic rings. The van der Waals surface area contributed by atoms with Gasteiger partial charge in [-0.1, -0.05) is 18.2 Å². The lowest BCUT2D eigenvalue weighted by molar-refractivity contribution is 0.0827. The molecule has 0 aliphatic carbocycles. The molecule has 2 rings (SSSR count). The summed E-state index contributed by atoms with van der Waals surface area (Å²) in [6.45, 7) is 1.42. The molecule has 0 saturated carbocycles. The van der Waals surface area contributed by atoms with Crippen LogP contribution in [0.2, 0.25) is 0 Å². The van der Waals surface area contributed by atoms with E-state index in [0.717, 1.165) is 24.5 Å². The van der Waals surface area contributed by atoms with Crippen LogP contribution in [0, 0.1) is 0 Å². The number of amides is 1. The van der Waals surface area contributed by atoms with Gasteiger partial charge in [-0.05, 0) is 35.7 Å². The lowest BCUT2D eigenvalue weighted by Crippen LogP contribution is -2.37. The number of aromatic nitrogens is 1. The molecule has 0 bridgehead atoms. The first-order valence-corrected chi connectivity index (χ1v) is 8.24. The maximum absolute atomic E-state index is 11.9. The number of hydrogen-bond acceptors (Lipinski definition) is 3. The SMILES string of the molecule is CN=C(NCCc1cccnc1)NCc1ccc(C(=O)N(C)C)cc1. The van der Waals surface area contributed by atoms with Crippen LogP contribution in [0.5, 0.6) is 0 Å². The lowest BCUT2D eigenvalue weighted by Gasteiger charge is -2.13. The largest absolute Gasteiger partial charge is 0.356 e. The van der Waals surface area contributed by atoms with E-state index < -0.39 is 0 Å². The summed E-state index contributed by atoms with van der Waals surface area (Å²) in [4.78, 5) is 21.8. The number of pyridine rings is 1. The number of hydrogen-bond donors (Lipinski definition) is 2. The zero-order valence-electron chi connectivity index (χ0n) is 15.0. The zero-order chi connectivity index (χ0) is 18.1. The van der Waals surface area contributed by atoms with Crippen LogP contribution in [-0.2, 0) is 13.0 Å². The van der Waals surface area contributed by atoms with Crippen molar-refractivity contribution in [2.24, 2.45) is 4.99 Å². The Morgan fingerprint density at radius 3 is 2.48 bits per heavy atom. The van der Waals surface area contributed by atoms with Gasteiger partial charge in [-0.3, -0.25) is 14.8 Å². The predicted molar refractivity (Wildman–Crippen MR) is 101 cm³/mol. The molecule has 2 N–H and O–H groups in total. The van der Waals surface area contributed by atoms with E-state index in [1.807, 2.05) is 36.5 Å². The van der Waals surface area contributed by atoms with Crippen LogP contribution in [0.4, 0.5) is 0 Å². The van der Waals surface area contributed by atoms with E-state index in [9.17, 15) is 4.79 Å². The van der Waals surface area contributed by atoms with Gasteiger partial charge >= 0.3 is 0 Å². The highest BCUT2D eigenvalue weighted by Gasteiger charge is 2.07. The van der Waals surface area contributed by atoms with Gasteiger partial charge in [0.2, 0.25) is 0 Å². The Morgan fingerprint density at radius 2 is 1.88 bits per heavy atom. The zero-order valence-corrected chi connectivity index (χ0v) is 15.0. The van der Waals surface area contributed by atoms with E-state index in [1.165, 1.54) is 5.56 Å². The summed E-state index contributed by atoms with van der Waals surface area (Å²) in [6.07, 6.45) is 4.53. The molecule has 6 heteroatoms. The van der Waals surface area contributed by atoms with Gasteiger partial charge in [0.1, 0.15) is 0 Å². The normalized spacial score (nSPS) is 11.1. The van der Waals surface area contributed by atoms with Crippen LogP contribution >= 0.6 is 0 Å². The van der Waals surface area contributed by atoms with E-state index in [4.69, 9.17) is 0 Å². The average Bonchev–Trinajstić information content (AvgIpc) is 2.65. The second-order valence-corrected chi connectivity index (χ2v) is 5.86. The Hall–Kier alpha value is -2.89. The first kappa shape index (κ1) is 18.4. The quantitative estimate of drug-likeness (QED) is 0.621. The highest BCUT2D eigenvalue weighted by atomic mass is 16.2. The van der Waals surface area contributed by atoms with Crippen molar-refractivity contribution in [3.05, 3.63) is 65.5 Å². The smallest absolute Gasteiger partial charge is 0.253 e. The van der Waals surface area contributed by atoms with Crippen LogP contribution in [-0.4, -0.2) is 49.4 Å². The molecule has 1 aromatic carbocycles. The number of nitrogens with one attached hydrogen (secondary N) is 2. The number of carbonyl (C=O) groups excluding carboxylic acids is 1. The van der Waals surface area contributed by atoms with Crippen molar-refractivity contribution in [2.45, 2.75) is 13.0 Å². The summed E-state index contributed by atoms with van der Waals surface area (Å²) in [5, 5.41) is 6.55. The van der Waals surface area contributed by atoms with Crippen LogP contribution < -0.4 is 10.6 Å². The Labute approximate surface area is 149 Å². The number of nitrogens with zero attached hydrogens (tertiary/aromatic N) is 3. The molecule has 1 heterocycles. The molecule has 0 radical (unpaired) electrons. The van der Waals surface area contributed by atoms with Crippen molar-refractivity contribution in [1.82, 2.24) is 20.5 Å². The fourth-order valence-corrected chi connectivity index (χ4v) is 2.30. The Bertz CT molecular complexity index is 696. The second kappa shape index (κ2) is 9.42. The van der Waals surface area contributed by atoms with Crippen LogP contribution in [0.1, 0.15) is 21.5 Å². The minimum absolute atomic E-state index is 0.00684. The van der Waals surface area contributed by atoms with Gasteiger partial charge < -0.3 is 15.5 Å². The maximum atomic E-state index is 11.9. The molecule has 6 nitrogen and oxygen atoms in total. The Balaban J connectivity index is 1.79. The van der Waals surface area contributed by atoms with Crippen molar-refractivity contribution < 1.29 is 4.79 Å². The standard InChI is InChI=1S/C19H25N5O/c1-20-19(22-12-10-15-5-4-11-21-13-15)23-14-16-6-8-17(9-7-16)18(25)24(2)3/h4-9,11,13H,10,12,14H2,1-3H3,(H2,20,22,23). The lowest BCUT2D eigenvalue weighted by atomic mass is 10.1. The molecular formula is C19H25N5O. The number of carbonyl (C=O) groups is 1. The minimum atomic E-state index is 0.00684. The molecule has 0 fully saturated rings. The van der Waals surface area contributed by atoms with Gasteiger partial charge in [-0.25, -0.2) is 0 Å². The number of benzene rings is 1. The highest BCUT2D eigenvalue weighted by Crippen LogP contribution is 2.06. The molecule has 0 saturated heterocycles. The van der Waals surface area contributed by atoms with E-state index in [-0.39, 0.29) is 5.91 Å². The van der Waals surface area contributed by atoms with Crippen LogP contribution in [0.25, 0.3) is 0 Å². The van der Waals surface area contributed by atoms with E-state index in [2.05, 4.69) is 26.7 Å². The molecule has 132 valence electrons. The van der Waals surface area contributed by atoms with Crippen molar-refractivity contribution in [1.29, 1.82) is 0 Å². The highest BCUT2D eigenvalue weighted by molar-refractivity contribution is 5.93. The molecular weight excluding hydrogens is 314 g/mol. The second-order valence-electron chi connectivity index (χ2n) is 5.86. The van der Waals surface area contributed by atoms with E-state index >= 15 is 0 Å². The average molecular weight is 339 g/mol. The summed E-state index contributed by atoms with van der Waals surface area (Å²) in [6, 6.07) is 11.6. The first-order chi connectivity index (χ1) is 12.1. The first-order valence-electron chi connectivity index (χ1n) is 8.24. The summed E-state index contributed by atoms with van der Waals surface area (Å²) in [5.41, 5.74) is 2.96. The molecule has 0 aliphatic rings. The van der Waals surface area contributed by atoms with Gasteiger partial charge in [-0.15, -0.1) is 0 Å². The van der Waals surface area contributed by atoms with Crippen molar-refractivity contribution >= 4 is 11.9 Å². The summed E-state index contributed by atoms with van der Waals surface area (Å²) >= 11 is 0. The summed E-state index contributed by atoms with van der Waals surface area (Å²) < 4.78 is 0. The third kappa shape index (κ3) is 5.91. The molecule has 0 spiro atoms. The summed E-state index contributed by atoms with van der Waals surface area (Å²) in [7, 11) is 5.25.